The Labute approximate surface area is 168 Å². The molecule has 0 saturated carbocycles. The second kappa shape index (κ2) is 7.78. The van der Waals surface area contributed by atoms with Crippen molar-refractivity contribution in [3.63, 3.8) is 0 Å². The van der Waals surface area contributed by atoms with Crippen LogP contribution in [0.3, 0.4) is 0 Å². The number of carbonyl (C=O) groups is 1. The number of hydrogen-bond donors (Lipinski definition) is 1. The van der Waals surface area contributed by atoms with Crippen molar-refractivity contribution in [3.8, 4) is 0 Å². The van der Waals surface area contributed by atoms with E-state index in [1.54, 1.807) is 6.21 Å². The monoisotopic (exact) mass is 377 g/mol. The number of rotatable bonds is 4. The van der Waals surface area contributed by atoms with Crippen molar-refractivity contribution in [1.82, 2.24) is 5.43 Å². The van der Waals surface area contributed by atoms with E-state index in [1.807, 2.05) is 31.2 Å². The lowest BCUT2D eigenvalue weighted by Gasteiger charge is -2.47. The number of amides is 1. The lowest BCUT2D eigenvalue weighted by Crippen LogP contribution is -2.48. The minimum absolute atomic E-state index is 0.158. The third kappa shape index (κ3) is 3.96. The van der Waals surface area contributed by atoms with E-state index in [2.05, 4.69) is 62.2 Å². The first kappa shape index (κ1) is 20.1. The van der Waals surface area contributed by atoms with E-state index in [1.165, 1.54) is 11.3 Å². The molecule has 1 aliphatic rings. The van der Waals surface area contributed by atoms with E-state index in [9.17, 15) is 4.79 Å². The zero-order valence-corrected chi connectivity index (χ0v) is 17.8. The molecule has 1 N–H and O–H groups in total. The van der Waals surface area contributed by atoms with Gasteiger partial charge in [-0.15, -0.1) is 0 Å². The first-order valence-corrected chi connectivity index (χ1v) is 10.0. The van der Waals surface area contributed by atoms with Gasteiger partial charge in [0.15, 0.2) is 0 Å². The normalized spacial score (nSPS) is 18.2. The molecule has 3 rings (SSSR count). The van der Waals surface area contributed by atoms with Gasteiger partial charge in [-0.2, -0.15) is 5.10 Å². The molecular formula is C24H31N3O. The fourth-order valence-electron chi connectivity index (χ4n) is 4.32. The molecule has 28 heavy (non-hydrogen) atoms. The molecule has 1 atom stereocenters. The topological polar surface area (TPSA) is 44.7 Å². The van der Waals surface area contributed by atoms with Crippen LogP contribution in [0, 0.1) is 13.8 Å². The third-order valence-corrected chi connectivity index (χ3v) is 5.77. The molecule has 1 heterocycles. The summed E-state index contributed by atoms with van der Waals surface area (Å²) in [6, 6.07) is 12.0. The van der Waals surface area contributed by atoms with Crippen molar-refractivity contribution in [2.24, 2.45) is 5.10 Å². The molecule has 2 aromatic carbocycles. The van der Waals surface area contributed by atoms with E-state index < -0.39 is 0 Å². The van der Waals surface area contributed by atoms with Gasteiger partial charge in [0, 0.05) is 23.3 Å². The van der Waals surface area contributed by atoms with Crippen LogP contribution in [0.4, 0.5) is 5.69 Å². The number of fused-ring (bicyclic) bond motifs is 1. The predicted molar refractivity (Wildman–Crippen MR) is 118 cm³/mol. The molecule has 0 aromatic heterocycles. The van der Waals surface area contributed by atoms with Crippen molar-refractivity contribution in [2.45, 2.75) is 59.4 Å². The molecule has 0 radical (unpaired) electrons. The summed E-state index contributed by atoms with van der Waals surface area (Å²) in [6.45, 7) is 14.2. The second-order valence-corrected chi connectivity index (χ2v) is 8.49. The Hall–Kier alpha value is -2.62. The van der Waals surface area contributed by atoms with Crippen LogP contribution in [-0.2, 0) is 0 Å². The van der Waals surface area contributed by atoms with E-state index in [-0.39, 0.29) is 11.4 Å². The molecule has 0 bridgehead atoms. The zero-order chi connectivity index (χ0) is 20.5. The van der Waals surface area contributed by atoms with Crippen LogP contribution < -0.4 is 10.3 Å². The molecule has 148 valence electrons. The Morgan fingerprint density at radius 2 is 1.93 bits per heavy atom. The zero-order valence-electron chi connectivity index (χ0n) is 17.8. The highest BCUT2D eigenvalue weighted by atomic mass is 16.2. The number of hydrazone groups is 1. The smallest absolute Gasteiger partial charge is 0.271 e. The number of anilines is 1. The van der Waals surface area contributed by atoms with Crippen molar-refractivity contribution < 1.29 is 4.79 Å². The van der Waals surface area contributed by atoms with Gasteiger partial charge in [-0.25, -0.2) is 5.43 Å². The maximum Gasteiger partial charge on any atom is 0.271 e. The Morgan fingerprint density at radius 3 is 2.57 bits per heavy atom. The minimum Gasteiger partial charge on any atom is -0.366 e. The Kier molecular flexibility index (Phi) is 5.59. The van der Waals surface area contributed by atoms with Gasteiger partial charge in [-0.05, 0) is 87.9 Å². The summed E-state index contributed by atoms with van der Waals surface area (Å²) in [5, 5.41) is 4.20. The maximum atomic E-state index is 12.2. The maximum absolute atomic E-state index is 12.2. The SMILES string of the molecule is CCN1c2cc(C)c(/C=N\NC(=O)c3ccc(C)cc3)cc2C(C)CC1(C)C. The van der Waals surface area contributed by atoms with Crippen LogP contribution in [-0.4, -0.2) is 24.2 Å². The van der Waals surface area contributed by atoms with Crippen LogP contribution >= 0.6 is 0 Å². The largest absolute Gasteiger partial charge is 0.366 e. The lowest BCUT2D eigenvalue weighted by atomic mass is 9.79. The standard InChI is InChI=1S/C24H31N3O/c1-7-27-22-12-17(3)20(13-21(22)18(4)14-24(27,5)6)15-25-26-23(28)19-10-8-16(2)9-11-19/h8-13,15,18H,7,14H2,1-6H3,(H,26,28)/b25-15-. The fourth-order valence-corrected chi connectivity index (χ4v) is 4.32. The van der Waals surface area contributed by atoms with Gasteiger partial charge in [0.1, 0.15) is 0 Å². The molecule has 1 amide bonds. The molecule has 0 fully saturated rings. The van der Waals surface area contributed by atoms with E-state index in [0.717, 1.165) is 29.7 Å². The molecule has 1 unspecified atom stereocenters. The van der Waals surface area contributed by atoms with Crippen LogP contribution in [0.15, 0.2) is 41.5 Å². The molecule has 4 heteroatoms. The molecule has 0 saturated heterocycles. The van der Waals surface area contributed by atoms with Gasteiger partial charge in [0.2, 0.25) is 0 Å². The Morgan fingerprint density at radius 1 is 1.25 bits per heavy atom. The van der Waals surface area contributed by atoms with Crippen molar-refractivity contribution in [1.29, 1.82) is 0 Å². The molecule has 1 aliphatic heterocycles. The first-order valence-electron chi connectivity index (χ1n) is 10.0. The van der Waals surface area contributed by atoms with E-state index in [4.69, 9.17) is 0 Å². The highest BCUT2D eigenvalue weighted by Gasteiger charge is 2.35. The van der Waals surface area contributed by atoms with Gasteiger partial charge >= 0.3 is 0 Å². The summed E-state index contributed by atoms with van der Waals surface area (Å²) in [5.41, 5.74) is 9.43. The van der Waals surface area contributed by atoms with Crippen LogP contribution in [0.5, 0.6) is 0 Å². The summed E-state index contributed by atoms with van der Waals surface area (Å²) < 4.78 is 0. The van der Waals surface area contributed by atoms with E-state index >= 15 is 0 Å². The van der Waals surface area contributed by atoms with Gasteiger partial charge in [-0.1, -0.05) is 24.6 Å². The van der Waals surface area contributed by atoms with Crippen LogP contribution in [0.25, 0.3) is 0 Å². The Balaban J connectivity index is 1.82. The highest BCUT2D eigenvalue weighted by molar-refractivity contribution is 5.95. The number of aryl methyl sites for hydroxylation is 2. The van der Waals surface area contributed by atoms with Gasteiger partial charge in [0.25, 0.3) is 5.91 Å². The van der Waals surface area contributed by atoms with Gasteiger partial charge in [-0.3, -0.25) is 4.79 Å². The average molecular weight is 378 g/mol. The summed E-state index contributed by atoms with van der Waals surface area (Å²) in [6.07, 6.45) is 2.88. The third-order valence-electron chi connectivity index (χ3n) is 5.77. The summed E-state index contributed by atoms with van der Waals surface area (Å²) in [7, 11) is 0. The number of hydrogen-bond acceptors (Lipinski definition) is 3. The average Bonchev–Trinajstić information content (AvgIpc) is 2.62. The van der Waals surface area contributed by atoms with Crippen LogP contribution in [0.1, 0.15) is 72.6 Å². The fraction of sp³-hybridized carbons (Fsp3) is 0.417. The minimum atomic E-state index is -0.195. The summed E-state index contributed by atoms with van der Waals surface area (Å²) >= 11 is 0. The molecule has 0 spiro atoms. The predicted octanol–water partition coefficient (Wildman–Crippen LogP) is 5.18. The molecule has 4 nitrogen and oxygen atoms in total. The molecular weight excluding hydrogens is 346 g/mol. The second-order valence-electron chi connectivity index (χ2n) is 8.49. The quantitative estimate of drug-likeness (QED) is 0.589. The van der Waals surface area contributed by atoms with Crippen molar-refractivity contribution >= 4 is 17.8 Å². The first-order chi connectivity index (χ1) is 13.2. The highest BCUT2D eigenvalue weighted by Crippen LogP contribution is 2.43. The van der Waals surface area contributed by atoms with Gasteiger partial charge in [0.05, 0.1) is 6.21 Å². The number of nitrogens with zero attached hydrogens (tertiary/aromatic N) is 2. The van der Waals surface area contributed by atoms with Crippen molar-refractivity contribution in [3.05, 3.63) is 64.2 Å². The Bertz CT molecular complexity index is 897. The number of carbonyl (C=O) groups excluding carboxylic acids is 1. The number of benzene rings is 2. The van der Waals surface area contributed by atoms with Crippen molar-refractivity contribution in [2.75, 3.05) is 11.4 Å². The van der Waals surface area contributed by atoms with Crippen LogP contribution in [0.2, 0.25) is 0 Å². The summed E-state index contributed by atoms with van der Waals surface area (Å²) in [4.78, 5) is 14.7. The molecule has 2 aromatic rings. The van der Waals surface area contributed by atoms with Gasteiger partial charge < -0.3 is 4.90 Å². The van der Waals surface area contributed by atoms with E-state index in [0.29, 0.717) is 11.5 Å². The lowest BCUT2D eigenvalue weighted by molar-refractivity contribution is 0.0955. The molecule has 0 aliphatic carbocycles. The summed E-state index contributed by atoms with van der Waals surface area (Å²) in [5.74, 6) is 0.293. The number of nitrogens with one attached hydrogen (secondary N) is 1.